The zero-order valence-electron chi connectivity index (χ0n) is 10.2. The molecule has 96 valence electrons. The molecule has 0 radical (unpaired) electrons. The third-order valence-electron chi connectivity index (χ3n) is 2.40. The third kappa shape index (κ3) is 2.49. The van der Waals surface area contributed by atoms with Crippen molar-refractivity contribution in [2.24, 2.45) is 0 Å². The number of benzene rings is 1. The summed E-state index contributed by atoms with van der Waals surface area (Å²) in [5.74, 6) is 0.575. The van der Waals surface area contributed by atoms with Crippen LogP contribution in [0.4, 0.5) is 0 Å². The Morgan fingerprint density at radius 1 is 1.16 bits per heavy atom. The van der Waals surface area contributed by atoms with Crippen LogP contribution in [-0.2, 0) is 6.54 Å². The summed E-state index contributed by atoms with van der Waals surface area (Å²) >= 11 is 1.43. The van der Waals surface area contributed by atoms with E-state index in [1.165, 1.54) is 16.1 Å². The molecule has 1 N–H and O–H groups in total. The fourth-order valence-corrected chi connectivity index (χ4v) is 2.30. The quantitative estimate of drug-likeness (QED) is 0.760. The number of hydrogen-bond donors (Lipinski definition) is 1. The van der Waals surface area contributed by atoms with Gasteiger partial charge in [-0.05, 0) is 12.3 Å². The highest BCUT2D eigenvalue weighted by Crippen LogP contribution is 2.16. The number of nitrogens with one attached hydrogen (secondary N) is 1. The van der Waals surface area contributed by atoms with Crippen LogP contribution in [0.5, 0.6) is 0 Å². The van der Waals surface area contributed by atoms with Gasteiger partial charge in [0, 0.05) is 12.1 Å². The van der Waals surface area contributed by atoms with Gasteiger partial charge in [0.05, 0.1) is 0 Å². The lowest BCUT2D eigenvalue weighted by Crippen LogP contribution is -2.04. The van der Waals surface area contributed by atoms with Crippen LogP contribution in [0.15, 0.2) is 30.3 Å². The van der Waals surface area contributed by atoms with Crippen molar-refractivity contribution in [1.82, 2.24) is 35.7 Å². The molecule has 0 saturated heterocycles. The van der Waals surface area contributed by atoms with E-state index in [1.807, 2.05) is 37.4 Å². The molecule has 0 spiro atoms. The molecule has 2 aromatic heterocycles. The second-order valence-electron chi connectivity index (χ2n) is 3.78. The van der Waals surface area contributed by atoms with E-state index < -0.39 is 0 Å². The Morgan fingerprint density at radius 2 is 2.00 bits per heavy atom. The maximum atomic E-state index is 4.31. The van der Waals surface area contributed by atoms with Crippen LogP contribution in [-0.4, -0.2) is 37.5 Å². The van der Waals surface area contributed by atoms with Crippen LogP contribution in [0.25, 0.3) is 16.5 Å². The van der Waals surface area contributed by atoms with Crippen LogP contribution in [0.3, 0.4) is 0 Å². The molecular weight excluding hydrogens is 262 g/mol. The summed E-state index contributed by atoms with van der Waals surface area (Å²) in [6, 6.07) is 9.70. The lowest BCUT2D eigenvalue weighted by Gasteiger charge is -1.91. The summed E-state index contributed by atoms with van der Waals surface area (Å²) in [4.78, 5) is 1.40. The molecule has 0 saturated carbocycles. The van der Waals surface area contributed by atoms with Crippen molar-refractivity contribution in [3.05, 3.63) is 35.3 Å². The Balaban J connectivity index is 1.88. The lowest BCUT2D eigenvalue weighted by atomic mass is 10.2. The first-order chi connectivity index (χ1) is 9.36. The minimum Gasteiger partial charge on any atom is -0.313 e. The number of nitrogens with zero attached hydrogens (tertiary/aromatic N) is 6. The molecule has 0 aliphatic heterocycles. The van der Waals surface area contributed by atoms with Crippen LogP contribution in [0.1, 0.15) is 5.01 Å². The number of rotatable bonds is 4. The molecule has 0 atom stereocenters. The topological polar surface area (TPSA) is 81.4 Å². The summed E-state index contributed by atoms with van der Waals surface area (Å²) < 4.78 is 0. The predicted octanol–water partition coefficient (Wildman–Crippen LogP) is 0.900. The Morgan fingerprint density at radius 3 is 2.79 bits per heavy atom. The standard InChI is InChI=1S/C11H11N7S/c1-12-7-9-13-15-11(19-9)18-16-10(14-17-18)8-5-3-2-4-6-8/h2-6,12H,7H2,1H3. The zero-order chi connectivity index (χ0) is 13.1. The van der Waals surface area contributed by atoms with Gasteiger partial charge in [-0.15, -0.1) is 20.4 Å². The zero-order valence-corrected chi connectivity index (χ0v) is 11.0. The Hall–Kier alpha value is -2.19. The molecule has 19 heavy (non-hydrogen) atoms. The predicted molar refractivity (Wildman–Crippen MR) is 70.8 cm³/mol. The Bertz CT molecular complexity index is 661. The molecule has 0 amide bonds. The molecular formula is C11H11N7S. The van der Waals surface area contributed by atoms with Crippen LogP contribution in [0.2, 0.25) is 0 Å². The van der Waals surface area contributed by atoms with E-state index in [0.717, 1.165) is 10.6 Å². The molecule has 8 heteroatoms. The maximum absolute atomic E-state index is 4.31. The summed E-state index contributed by atoms with van der Waals surface area (Å²) in [5.41, 5.74) is 0.925. The van der Waals surface area contributed by atoms with Crippen molar-refractivity contribution < 1.29 is 0 Å². The highest BCUT2D eigenvalue weighted by Gasteiger charge is 2.11. The first kappa shape index (κ1) is 11.9. The molecule has 2 heterocycles. The molecule has 0 unspecified atom stereocenters. The minimum absolute atomic E-state index is 0.575. The smallest absolute Gasteiger partial charge is 0.253 e. The molecule has 0 aliphatic rings. The van der Waals surface area contributed by atoms with Crippen molar-refractivity contribution in [3.63, 3.8) is 0 Å². The summed E-state index contributed by atoms with van der Waals surface area (Å²) in [5, 5.41) is 24.9. The number of aromatic nitrogens is 6. The van der Waals surface area contributed by atoms with Crippen LogP contribution < -0.4 is 5.32 Å². The minimum atomic E-state index is 0.575. The van der Waals surface area contributed by atoms with Crippen LogP contribution >= 0.6 is 11.3 Å². The maximum Gasteiger partial charge on any atom is 0.253 e. The van der Waals surface area contributed by atoms with Gasteiger partial charge >= 0.3 is 0 Å². The first-order valence-corrected chi connectivity index (χ1v) is 6.51. The molecule has 0 fully saturated rings. The monoisotopic (exact) mass is 273 g/mol. The average Bonchev–Trinajstić information content (AvgIpc) is 3.08. The fourth-order valence-electron chi connectivity index (χ4n) is 1.55. The van der Waals surface area contributed by atoms with Gasteiger partial charge in [-0.2, -0.15) is 0 Å². The second-order valence-corrected chi connectivity index (χ2v) is 4.82. The molecule has 0 aliphatic carbocycles. The highest BCUT2D eigenvalue weighted by molar-refractivity contribution is 7.13. The second kappa shape index (κ2) is 5.21. The van der Waals surface area contributed by atoms with Crippen LogP contribution in [0, 0.1) is 0 Å². The normalized spacial score (nSPS) is 10.8. The van der Waals surface area contributed by atoms with E-state index in [2.05, 4.69) is 30.9 Å². The molecule has 1 aromatic carbocycles. The summed E-state index contributed by atoms with van der Waals surface area (Å²) in [7, 11) is 1.86. The molecule has 7 nitrogen and oxygen atoms in total. The number of tetrazole rings is 1. The van der Waals surface area contributed by atoms with Gasteiger partial charge in [0.25, 0.3) is 5.13 Å². The fraction of sp³-hybridized carbons (Fsp3) is 0.182. The van der Waals surface area contributed by atoms with Gasteiger partial charge in [0.15, 0.2) is 0 Å². The average molecular weight is 273 g/mol. The van der Waals surface area contributed by atoms with Gasteiger partial charge in [0.1, 0.15) is 5.01 Å². The largest absolute Gasteiger partial charge is 0.313 e. The third-order valence-corrected chi connectivity index (χ3v) is 3.29. The van der Waals surface area contributed by atoms with Gasteiger partial charge in [-0.25, -0.2) is 0 Å². The van der Waals surface area contributed by atoms with Gasteiger partial charge in [0.2, 0.25) is 5.82 Å². The van der Waals surface area contributed by atoms with E-state index >= 15 is 0 Å². The first-order valence-electron chi connectivity index (χ1n) is 5.69. The molecule has 0 bridgehead atoms. The van der Waals surface area contributed by atoms with Crippen molar-refractivity contribution in [2.45, 2.75) is 6.54 Å². The van der Waals surface area contributed by atoms with Crippen molar-refractivity contribution >= 4 is 11.3 Å². The molecule has 3 rings (SSSR count). The van der Waals surface area contributed by atoms with Gasteiger partial charge in [-0.1, -0.05) is 46.5 Å². The summed E-state index contributed by atoms with van der Waals surface area (Å²) in [6.45, 7) is 0.678. The van der Waals surface area contributed by atoms with E-state index in [-0.39, 0.29) is 0 Å². The highest BCUT2D eigenvalue weighted by atomic mass is 32.1. The van der Waals surface area contributed by atoms with E-state index in [9.17, 15) is 0 Å². The SMILES string of the molecule is CNCc1nnc(-n2nnc(-c3ccccc3)n2)s1. The van der Waals surface area contributed by atoms with E-state index in [0.29, 0.717) is 17.5 Å². The van der Waals surface area contributed by atoms with Gasteiger partial charge < -0.3 is 5.32 Å². The van der Waals surface area contributed by atoms with Crippen molar-refractivity contribution in [3.8, 4) is 16.5 Å². The molecule has 3 aromatic rings. The van der Waals surface area contributed by atoms with E-state index in [4.69, 9.17) is 0 Å². The van der Waals surface area contributed by atoms with E-state index in [1.54, 1.807) is 0 Å². The van der Waals surface area contributed by atoms with Gasteiger partial charge in [-0.3, -0.25) is 0 Å². The Labute approximate surface area is 113 Å². The number of hydrogen-bond acceptors (Lipinski definition) is 7. The Kier molecular flexibility index (Phi) is 3.25. The van der Waals surface area contributed by atoms with Crippen molar-refractivity contribution in [1.29, 1.82) is 0 Å². The lowest BCUT2D eigenvalue weighted by molar-refractivity contribution is 0.703. The summed E-state index contributed by atoms with van der Waals surface area (Å²) in [6.07, 6.45) is 0. The van der Waals surface area contributed by atoms with Crippen molar-refractivity contribution in [2.75, 3.05) is 7.05 Å².